The van der Waals surface area contributed by atoms with Gasteiger partial charge in [-0.1, -0.05) is 36.8 Å². The van der Waals surface area contributed by atoms with Gasteiger partial charge in [0.2, 0.25) is 10.0 Å². The summed E-state index contributed by atoms with van der Waals surface area (Å²) in [6.45, 7) is 0.410. The van der Waals surface area contributed by atoms with E-state index < -0.39 is 27.5 Å². The fraction of sp³-hybridized carbons (Fsp3) is 0.611. The molecule has 25 heavy (non-hydrogen) atoms. The van der Waals surface area contributed by atoms with Gasteiger partial charge in [-0.15, -0.1) is 0 Å². The first-order valence-corrected chi connectivity index (χ1v) is 10.3. The molecule has 1 aromatic rings. The number of methoxy groups -OCH3 is 1. The summed E-state index contributed by atoms with van der Waals surface area (Å²) in [5.41, 5.74) is 0.125. The summed E-state index contributed by atoms with van der Waals surface area (Å²) in [6, 6.07) is 9.62. The van der Waals surface area contributed by atoms with Crippen molar-refractivity contribution in [3.8, 4) is 0 Å². The zero-order valence-electron chi connectivity index (χ0n) is 14.4. The smallest absolute Gasteiger partial charge is 0.311 e. The van der Waals surface area contributed by atoms with E-state index in [1.807, 2.05) is 30.3 Å². The number of hydrogen-bond acceptors (Lipinski definition) is 4. The Kier molecular flexibility index (Phi) is 5.18. The van der Waals surface area contributed by atoms with Crippen LogP contribution in [-0.2, 0) is 26.0 Å². The maximum atomic E-state index is 12.8. The van der Waals surface area contributed by atoms with E-state index in [0.717, 1.165) is 18.4 Å². The first-order valence-electron chi connectivity index (χ1n) is 8.65. The maximum absolute atomic E-state index is 12.8. The van der Waals surface area contributed by atoms with Crippen LogP contribution in [0.2, 0.25) is 0 Å². The van der Waals surface area contributed by atoms with Crippen LogP contribution >= 0.6 is 0 Å². The highest BCUT2D eigenvalue weighted by Crippen LogP contribution is 2.49. The zero-order valence-corrected chi connectivity index (χ0v) is 15.2. The fourth-order valence-corrected chi connectivity index (χ4v) is 6.00. The number of carbonyl (C=O) groups is 1. The average molecular weight is 367 g/mol. The van der Waals surface area contributed by atoms with Crippen LogP contribution < -0.4 is 0 Å². The van der Waals surface area contributed by atoms with E-state index in [2.05, 4.69) is 0 Å². The topological polar surface area (TPSA) is 83.9 Å². The van der Waals surface area contributed by atoms with E-state index in [9.17, 15) is 18.3 Å². The van der Waals surface area contributed by atoms with Crippen LogP contribution in [0.15, 0.2) is 30.3 Å². The molecule has 0 radical (unpaired) electrons. The Labute approximate surface area is 148 Å². The van der Waals surface area contributed by atoms with Crippen molar-refractivity contribution in [2.45, 2.75) is 31.8 Å². The third-order valence-corrected chi connectivity index (χ3v) is 7.55. The van der Waals surface area contributed by atoms with Crippen molar-refractivity contribution in [2.24, 2.45) is 11.3 Å². The van der Waals surface area contributed by atoms with Crippen molar-refractivity contribution in [1.82, 2.24) is 4.31 Å². The predicted octanol–water partition coefficient (Wildman–Crippen LogP) is 1.76. The van der Waals surface area contributed by atoms with Crippen LogP contribution in [0.5, 0.6) is 0 Å². The Hall–Kier alpha value is -1.44. The van der Waals surface area contributed by atoms with Crippen LogP contribution in [0, 0.1) is 11.3 Å². The number of carboxylic acids is 1. The molecular formula is C18H25NO5S. The zero-order chi connectivity index (χ0) is 18.1. The Bertz CT molecular complexity index is 720. The molecule has 6 nitrogen and oxygen atoms in total. The second kappa shape index (κ2) is 7.05. The molecule has 0 spiro atoms. The van der Waals surface area contributed by atoms with Crippen molar-refractivity contribution < 1.29 is 23.1 Å². The highest BCUT2D eigenvalue weighted by molar-refractivity contribution is 7.89. The van der Waals surface area contributed by atoms with Crippen LogP contribution in [0.4, 0.5) is 0 Å². The number of aliphatic carboxylic acids is 1. The minimum Gasteiger partial charge on any atom is -0.481 e. The van der Waals surface area contributed by atoms with Gasteiger partial charge in [0.1, 0.15) is 0 Å². The molecule has 1 heterocycles. The fourth-order valence-electron chi connectivity index (χ4n) is 4.23. The van der Waals surface area contributed by atoms with Gasteiger partial charge in [-0.2, -0.15) is 0 Å². The molecule has 0 bridgehead atoms. The number of rotatable bonds is 7. The number of hydrogen-bond donors (Lipinski definition) is 1. The minimum absolute atomic E-state index is 0.0742. The first kappa shape index (κ1) is 18.4. The summed E-state index contributed by atoms with van der Waals surface area (Å²) in [5.74, 6) is -1.06. The number of nitrogens with zero attached hydrogens (tertiary/aromatic N) is 1. The van der Waals surface area contributed by atoms with Crippen molar-refractivity contribution >= 4 is 16.0 Å². The van der Waals surface area contributed by atoms with Gasteiger partial charge >= 0.3 is 5.97 Å². The molecule has 7 heteroatoms. The molecule has 138 valence electrons. The molecule has 3 rings (SSSR count). The van der Waals surface area contributed by atoms with Crippen LogP contribution in [0.3, 0.4) is 0 Å². The lowest BCUT2D eigenvalue weighted by Gasteiger charge is -2.24. The Morgan fingerprint density at radius 2 is 2.12 bits per heavy atom. The second-order valence-electron chi connectivity index (χ2n) is 7.17. The number of benzene rings is 1. The van der Waals surface area contributed by atoms with Gasteiger partial charge in [-0.05, 0) is 30.7 Å². The quantitative estimate of drug-likeness (QED) is 0.794. The minimum atomic E-state index is -3.56. The van der Waals surface area contributed by atoms with Crippen molar-refractivity contribution in [3.05, 3.63) is 35.9 Å². The molecular weight excluding hydrogens is 342 g/mol. The van der Waals surface area contributed by atoms with Gasteiger partial charge in [0, 0.05) is 20.2 Å². The van der Waals surface area contributed by atoms with Gasteiger partial charge in [-0.25, -0.2) is 12.7 Å². The molecule has 1 aliphatic carbocycles. The lowest BCUT2D eigenvalue weighted by atomic mass is 9.81. The number of sulfonamides is 1. The molecule has 3 atom stereocenters. The number of ether oxygens (including phenoxy) is 1. The summed E-state index contributed by atoms with van der Waals surface area (Å²) in [4.78, 5) is 11.8. The van der Waals surface area contributed by atoms with Gasteiger partial charge < -0.3 is 9.84 Å². The van der Waals surface area contributed by atoms with E-state index in [1.54, 1.807) is 0 Å². The lowest BCUT2D eigenvalue weighted by molar-refractivity contribution is -0.149. The van der Waals surface area contributed by atoms with Crippen LogP contribution in [-0.4, -0.2) is 55.9 Å². The molecule has 0 amide bonds. The van der Waals surface area contributed by atoms with E-state index in [-0.39, 0.29) is 18.2 Å². The molecule has 1 aromatic carbocycles. The highest BCUT2D eigenvalue weighted by Gasteiger charge is 2.57. The Balaban J connectivity index is 1.70. The molecule has 1 saturated carbocycles. The molecule has 2 aliphatic rings. The predicted molar refractivity (Wildman–Crippen MR) is 93.7 cm³/mol. The van der Waals surface area contributed by atoms with Crippen LogP contribution in [0.25, 0.3) is 0 Å². The third kappa shape index (κ3) is 3.59. The Morgan fingerprint density at radius 1 is 1.40 bits per heavy atom. The van der Waals surface area contributed by atoms with E-state index in [1.165, 1.54) is 11.4 Å². The van der Waals surface area contributed by atoms with Crippen molar-refractivity contribution in [2.75, 3.05) is 26.0 Å². The normalized spacial score (nSPS) is 28.0. The molecule has 1 saturated heterocycles. The summed E-state index contributed by atoms with van der Waals surface area (Å²) in [7, 11) is -2.05. The van der Waals surface area contributed by atoms with E-state index in [0.29, 0.717) is 19.4 Å². The van der Waals surface area contributed by atoms with E-state index in [4.69, 9.17) is 4.74 Å². The summed E-state index contributed by atoms with van der Waals surface area (Å²) < 4.78 is 32.5. The van der Waals surface area contributed by atoms with Gasteiger partial charge in [0.15, 0.2) is 0 Å². The van der Waals surface area contributed by atoms with Crippen LogP contribution in [0.1, 0.15) is 24.8 Å². The number of carboxylic acid groups (broad SMARTS) is 1. The summed E-state index contributed by atoms with van der Waals surface area (Å²) in [6.07, 6.45) is 2.28. The maximum Gasteiger partial charge on any atom is 0.311 e. The molecule has 2 fully saturated rings. The van der Waals surface area contributed by atoms with Crippen molar-refractivity contribution in [1.29, 1.82) is 0 Å². The lowest BCUT2D eigenvalue weighted by Crippen LogP contribution is -2.40. The monoisotopic (exact) mass is 367 g/mol. The standard InChI is InChI=1S/C18H25NO5S/c1-24-16(10-14-6-3-2-4-7-14)12-25(22,23)19-11-15-8-5-9-18(15,13-19)17(20)21/h2-4,6-7,15-16H,5,8-13H2,1H3,(H,20,21)/t15-,16?,18+/m0/s1. The van der Waals surface area contributed by atoms with Crippen molar-refractivity contribution in [3.63, 3.8) is 0 Å². The molecule has 1 N–H and O–H groups in total. The molecule has 1 unspecified atom stereocenters. The molecule has 1 aliphatic heterocycles. The first-order chi connectivity index (χ1) is 11.9. The average Bonchev–Trinajstić information content (AvgIpc) is 3.13. The SMILES string of the molecule is COC(Cc1ccccc1)CS(=O)(=O)N1C[C@@H]2CCC[C@@]2(C(=O)O)C1. The van der Waals surface area contributed by atoms with E-state index >= 15 is 0 Å². The summed E-state index contributed by atoms with van der Waals surface area (Å²) >= 11 is 0. The van der Waals surface area contributed by atoms with Gasteiger partial charge in [-0.3, -0.25) is 4.79 Å². The second-order valence-corrected chi connectivity index (χ2v) is 9.18. The third-order valence-electron chi connectivity index (χ3n) is 5.69. The highest BCUT2D eigenvalue weighted by atomic mass is 32.2. The van der Waals surface area contributed by atoms with Gasteiger partial charge in [0.05, 0.1) is 17.3 Å². The van der Waals surface area contributed by atoms with Gasteiger partial charge in [0.25, 0.3) is 0 Å². The summed E-state index contributed by atoms with van der Waals surface area (Å²) in [5, 5.41) is 9.63. The number of fused-ring (bicyclic) bond motifs is 1. The molecule has 0 aromatic heterocycles. The Morgan fingerprint density at radius 3 is 2.72 bits per heavy atom. The largest absolute Gasteiger partial charge is 0.481 e.